The Morgan fingerprint density at radius 1 is 0.912 bits per heavy atom. The van der Waals surface area contributed by atoms with Gasteiger partial charge >= 0.3 is 6.09 Å². The van der Waals surface area contributed by atoms with Crippen LogP contribution in [0.2, 0.25) is 0 Å². The fraction of sp³-hybridized carbons (Fsp3) is 0.250. The topological polar surface area (TPSA) is 72.6 Å². The molecule has 6 nitrogen and oxygen atoms in total. The maximum absolute atomic E-state index is 11.9. The molecule has 3 aromatic carbocycles. The molecule has 1 heterocycles. The van der Waals surface area contributed by atoms with Crippen molar-refractivity contribution in [2.45, 2.75) is 39.4 Å². The molecular formula is C28H30N2O4. The van der Waals surface area contributed by atoms with Crippen molar-refractivity contribution >= 4 is 17.0 Å². The van der Waals surface area contributed by atoms with Crippen LogP contribution < -0.4 is 14.8 Å². The number of carbonyl (C=O) groups is 1. The average molecular weight is 459 g/mol. The van der Waals surface area contributed by atoms with E-state index in [4.69, 9.17) is 14.2 Å². The quantitative estimate of drug-likeness (QED) is 0.312. The number of carbonyl (C=O) groups excluding carboxylic acids is 1. The van der Waals surface area contributed by atoms with Crippen molar-refractivity contribution in [2.24, 2.45) is 0 Å². The number of rotatable bonds is 8. The first-order valence-electron chi connectivity index (χ1n) is 11.4. The summed E-state index contributed by atoms with van der Waals surface area (Å²) < 4.78 is 17.3. The van der Waals surface area contributed by atoms with E-state index < -0.39 is 11.7 Å². The summed E-state index contributed by atoms with van der Waals surface area (Å²) in [5.74, 6) is 2.35. The molecule has 6 heteroatoms. The summed E-state index contributed by atoms with van der Waals surface area (Å²) in [6.07, 6.45) is 2.24. The first-order valence-corrected chi connectivity index (χ1v) is 11.4. The first-order chi connectivity index (χ1) is 16.4. The highest BCUT2D eigenvalue weighted by molar-refractivity contribution is 5.84. The summed E-state index contributed by atoms with van der Waals surface area (Å²) in [5.41, 5.74) is 2.64. The minimum Gasteiger partial charge on any atom is -0.489 e. The van der Waals surface area contributed by atoms with Crippen molar-refractivity contribution in [3.8, 4) is 17.2 Å². The second-order valence-corrected chi connectivity index (χ2v) is 9.05. The molecule has 0 atom stereocenters. The fourth-order valence-electron chi connectivity index (χ4n) is 3.56. The number of benzene rings is 3. The molecule has 34 heavy (non-hydrogen) atoms. The molecule has 1 amide bonds. The van der Waals surface area contributed by atoms with Gasteiger partial charge in [0, 0.05) is 23.6 Å². The third-order valence-corrected chi connectivity index (χ3v) is 5.08. The van der Waals surface area contributed by atoms with Crippen LogP contribution >= 0.6 is 0 Å². The zero-order valence-corrected chi connectivity index (χ0v) is 19.8. The maximum Gasteiger partial charge on any atom is 0.407 e. The maximum atomic E-state index is 11.9. The smallest absolute Gasteiger partial charge is 0.407 e. The Hall–Kier alpha value is -3.93. The van der Waals surface area contributed by atoms with Gasteiger partial charge in [-0.15, -0.1) is 0 Å². The molecular weight excluding hydrogens is 428 g/mol. The Bertz CT molecular complexity index is 1240. The van der Waals surface area contributed by atoms with Crippen molar-refractivity contribution in [3.05, 3.63) is 90.1 Å². The van der Waals surface area contributed by atoms with Crippen LogP contribution in [0, 0.1) is 0 Å². The van der Waals surface area contributed by atoms with Gasteiger partial charge in [0.25, 0.3) is 0 Å². The molecule has 0 aliphatic heterocycles. The van der Waals surface area contributed by atoms with Gasteiger partial charge in [-0.25, -0.2) is 4.79 Å². The fourth-order valence-corrected chi connectivity index (χ4v) is 3.56. The highest BCUT2D eigenvalue weighted by Gasteiger charge is 2.15. The molecule has 176 valence electrons. The number of nitrogens with one attached hydrogen (secondary N) is 2. The predicted molar refractivity (Wildman–Crippen MR) is 134 cm³/mol. The lowest BCUT2D eigenvalue weighted by Crippen LogP contribution is -2.33. The summed E-state index contributed by atoms with van der Waals surface area (Å²) in [6.45, 7) is 6.46. The third-order valence-electron chi connectivity index (χ3n) is 5.08. The zero-order valence-electron chi connectivity index (χ0n) is 19.8. The standard InChI is InChI=1S/C28H30N2O4/c1-28(2,3)34-27(31)29-15-14-21-18-30-26-13-12-23(17-25(21)26)32-19-20-8-7-11-24(16-20)33-22-9-5-4-6-10-22/h4-13,16-18,30H,14-15,19H2,1-3H3,(H,29,31). The Balaban J connectivity index is 1.36. The van der Waals surface area contributed by atoms with Crippen molar-refractivity contribution in [1.82, 2.24) is 10.3 Å². The van der Waals surface area contributed by atoms with Gasteiger partial charge in [0.05, 0.1) is 0 Å². The lowest BCUT2D eigenvalue weighted by molar-refractivity contribution is 0.0528. The number of amides is 1. The number of para-hydroxylation sites is 1. The second-order valence-electron chi connectivity index (χ2n) is 9.05. The van der Waals surface area contributed by atoms with Gasteiger partial charge in [-0.2, -0.15) is 0 Å². The Morgan fingerprint density at radius 2 is 1.71 bits per heavy atom. The lowest BCUT2D eigenvalue weighted by atomic mass is 10.1. The number of hydrogen-bond donors (Lipinski definition) is 2. The van der Waals surface area contributed by atoms with E-state index in [1.165, 1.54) is 0 Å². The minimum atomic E-state index is -0.510. The molecule has 0 saturated carbocycles. The molecule has 0 fully saturated rings. The van der Waals surface area contributed by atoms with Crippen molar-refractivity contribution in [2.75, 3.05) is 6.54 Å². The first kappa shape index (κ1) is 23.2. The number of alkyl carbamates (subject to hydrolysis) is 1. The van der Waals surface area contributed by atoms with Gasteiger partial charge in [0.1, 0.15) is 29.5 Å². The summed E-state index contributed by atoms with van der Waals surface area (Å²) in [4.78, 5) is 15.2. The molecule has 0 saturated heterocycles. The van der Waals surface area contributed by atoms with Crippen molar-refractivity contribution in [1.29, 1.82) is 0 Å². The van der Waals surface area contributed by atoms with E-state index >= 15 is 0 Å². The number of fused-ring (bicyclic) bond motifs is 1. The Kier molecular flexibility index (Phi) is 7.07. The molecule has 4 aromatic rings. The summed E-state index contributed by atoms with van der Waals surface area (Å²) in [7, 11) is 0. The monoisotopic (exact) mass is 458 g/mol. The SMILES string of the molecule is CC(C)(C)OC(=O)NCCc1c[nH]c2ccc(OCc3cccc(Oc4ccccc4)c3)cc12. The van der Waals surface area contributed by atoms with E-state index in [0.29, 0.717) is 19.6 Å². The van der Waals surface area contributed by atoms with E-state index in [1.54, 1.807) is 0 Å². The van der Waals surface area contributed by atoms with Crippen LogP contribution in [0.4, 0.5) is 4.79 Å². The van der Waals surface area contributed by atoms with Gasteiger partial charge in [-0.05, 0) is 80.8 Å². The molecule has 0 aliphatic rings. The van der Waals surface area contributed by atoms with E-state index in [1.807, 2.05) is 99.8 Å². The molecule has 1 aromatic heterocycles. The van der Waals surface area contributed by atoms with E-state index in [9.17, 15) is 4.79 Å². The number of ether oxygens (including phenoxy) is 3. The van der Waals surface area contributed by atoms with E-state index in [-0.39, 0.29) is 0 Å². The summed E-state index contributed by atoms with van der Waals surface area (Å²) in [6, 6.07) is 23.6. The number of aromatic nitrogens is 1. The van der Waals surface area contributed by atoms with Crippen LogP contribution in [0.15, 0.2) is 79.0 Å². The van der Waals surface area contributed by atoms with Gasteiger partial charge in [-0.3, -0.25) is 0 Å². The zero-order chi connectivity index (χ0) is 24.0. The summed E-state index contributed by atoms with van der Waals surface area (Å²) >= 11 is 0. The average Bonchev–Trinajstić information content (AvgIpc) is 3.20. The Morgan fingerprint density at radius 3 is 2.50 bits per heavy atom. The highest BCUT2D eigenvalue weighted by atomic mass is 16.6. The third kappa shape index (κ3) is 6.54. The molecule has 0 radical (unpaired) electrons. The van der Waals surface area contributed by atoms with Gasteiger partial charge in [-0.1, -0.05) is 30.3 Å². The Labute approximate surface area is 199 Å². The van der Waals surface area contributed by atoms with Crippen molar-refractivity contribution in [3.63, 3.8) is 0 Å². The van der Waals surface area contributed by atoms with Crippen LogP contribution in [0.1, 0.15) is 31.9 Å². The second kappa shape index (κ2) is 10.3. The van der Waals surface area contributed by atoms with E-state index in [0.717, 1.165) is 39.3 Å². The molecule has 0 unspecified atom stereocenters. The summed E-state index contributed by atoms with van der Waals surface area (Å²) in [5, 5.41) is 3.88. The lowest BCUT2D eigenvalue weighted by Gasteiger charge is -2.19. The molecule has 0 aliphatic carbocycles. The highest BCUT2D eigenvalue weighted by Crippen LogP contribution is 2.26. The molecule has 4 rings (SSSR count). The molecule has 0 bridgehead atoms. The van der Waals surface area contributed by atoms with Gasteiger partial charge in [0.2, 0.25) is 0 Å². The van der Waals surface area contributed by atoms with Crippen LogP contribution in [-0.2, 0) is 17.8 Å². The van der Waals surface area contributed by atoms with Gasteiger partial charge < -0.3 is 24.5 Å². The van der Waals surface area contributed by atoms with Gasteiger partial charge in [0.15, 0.2) is 0 Å². The van der Waals surface area contributed by atoms with Crippen molar-refractivity contribution < 1.29 is 19.0 Å². The van der Waals surface area contributed by atoms with E-state index in [2.05, 4.69) is 10.3 Å². The minimum absolute atomic E-state index is 0.408. The number of aromatic amines is 1. The normalized spacial score (nSPS) is 11.3. The molecule has 0 spiro atoms. The predicted octanol–water partition coefficient (Wildman–Crippen LogP) is 6.61. The van der Waals surface area contributed by atoms with Crippen LogP contribution in [0.25, 0.3) is 10.9 Å². The largest absolute Gasteiger partial charge is 0.489 e. The number of hydrogen-bond acceptors (Lipinski definition) is 4. The molecule has 2 N–H and O–H groups in total. The van der Waals surface area contributed by atoms with Crippen LogP contribution in [-0.4, -0.2) is 23.2 Å². The van der Waals surface area contributed by atoms with Crippen LogP contribution in [0.5, 0.6) is 17.2 Å². The van der Waals surface area contributed by atoms with Crippen LogP contribution in [0.3, 0.4) is 0 Å². The number of H-pyrrole nitrogens is 1.